The van der Waals surface area contributed by atoms with Crippen LogP contribution in [-0.4, -0.2) is 118 Å². The minimum absolute atomic E-state index is 0.0272. The van der Waals surface area contributed by atoms with E-state index in [0.29, 0.717) is 64.3 Å². The third-order valence-electron chi connectivity index (χ3n) is 9.97. The topological polar surface area (TPSA) is 218 Å². The number of aryl methyl sites for hydroxylation is 1. The van der Waals surface area contributed by atoms with Gasteiger partial charge in [-0.05, 0) is 122 Å². The van der Waals surface area contributed by atoms with Crippen LogP contribution in [-0.2, 0) is 67.0 Å². The van der Waals surface area contributed by atoms with Gasteiger partial charge in [-0.25, -0.2) is 14.4 Å². The lowest BCUT2D eigenvalue weighted by atomic mass is 10.00. The predicted octanol–water partition coefficient (Wildman–Crippen LogP) is 6.87. The predicted molar refractivity (Wildman–Crippen MR) is 264 cm³/mol. The van der Waals surface area contributed by atoms with Crippen molar-refractivity contribution in [2.24, 2.45) is 5.92 Å². The maximum atomic E-state index is 13.8. The Morgan fingerprint density at radius 2 is 1.09 bits per heavy atom. The summed E-state index contributed by atoms with van der Waals surface area (Å²) in [5.74, 6) is -0.998. The summed E-state index contributed by atoms with van der Waals surface area (Å²) in [7, 11) is 0. The van der Waals surface area contributed by atoms with Gasteiger partial charge in [0.1, 0.15) is 29.9 Å². The zero-order chi connectivity index (χ0) is 50.9. The van der Waals surface area contributed by atoms with Crippen LogP contribution in [0.5, 0.6) is 0 Å². The van der Waals surface area contributed by atoms with Crippen LogP contribution in [0.3, 0.4) is 0 Å². The number of ether oxygens (including phenoxy) is 6. The molecule has 5 N–H and O–H groups in total. The zero-order valence-corrected chi connectivity index (χ0v) is 42.7. The number of carbonyl (C=O) groups excluding carboxylic acids is 6. The van der Waals surface area contributed by atoms with Crippen molar-refractivity contribution in [2.45, 2.75) is 156 Å². The lowest BCUT2D eigenvalue weighted by Gasteiger charge is -2.26. The van der Waals surface area contributed by atoms with E-state index in [2.05, 4.69) is 64.7 Å². The molecule has 0 bridgehead atoms. The maximum absolute atomic E-state index is 13.8. The van der Waals surface area contributed by atoms with Crippen LogP contribution in [0.25, 0.3) is 0 Å². The Bertz CT molecular complexity index is 1780. The van der Waals surface area contributed by atoms with Crippen molar-refractivity contribution in [2.75, 3.05) is 59.3 Å². The standard InChI is InChI=1S/C52H83N5O12/c1-39(2)37-41-25-23-40(24-26-41)19-16-22-45(58)53-28-14-13-21-44(48(61)68-51(3,4)5)57-47(60)43(20-12-15-29-54-50(63)69-52(6,7)8)56-46(59)27-31-64-33-35-66-36-34-65-32-30-55-49(62)67-38-42-17-10-9-11-18-42/h9-11,17-18,23-26,39,43-44H,12-16,19-22,27-38H2,1-8H3,(H,53,58)(H,54,63)(H,55,62)(H,56,59)(H,57,60). The van der Waals surface area contributed by atoms with Crippen molar-refractivity contribution in [3.05, 3.63) is 71.3 Å². The first-order valence-electron chi connectivity index (χ1n) is 24.6. The number of hydrogen-bond acceptors (Lipinski definition) is 12. The molecule has 0 heterocycles. The quantitative estimate of drug-likeness (QED) is 0.0276. The Morgan fingerprint density at radius 3 is 1.71 bits per heavy atom. The second-order valence-corrected chi connectivity index (χ2v) is 19.3. The van der Waals surface area contributed by atoms with E-state index >= 15 is 0 Å². The third-order valence-corrected chi connectivity index (χ3v) is 9.97. The minimum Gasteiger partial charge on any atom is -0.458 e. The number of nitrogens with one attached hydrogen (secondary N) is 5. The minimum atomic E-state index is -0.994. The van der Waals surface area contributed by atoms with Crippen LogP contribution in [0.15, 0.2) is 54.6 Å². The summed E-state index contributed by atoms with van der Waals surface area (Å²) in [6.45, 7) is 17.6. The second-order valence-electron chi connectivity index (χ2n) is 19.3. The number of benzene rings is 2. The highest BCUT2D eigenvalue weighted by molar-refractivity contribution is 5.90. The Kier molecular flexibility index (Phi) is 29.6. The van der Waals surface area contributed by atoms with Gasteiger partial charge in [0.05, 0.1) is 39.6 Å². The molecule has 2 aromatic carbocycles. The van der Waals surface area contributed by atoms with Crippen molar-refractivity contribution in [3.63, 3.8) is 0 Å². The first-order chi connectivity index (χ1) is 32.8. The van der Waals surface area contributed by atoms with Gasteiger partial charge < -0.3 is 55.0 Å². The molecule has 0 aliphatic heterocycles. The summed E-state index contributed by atoms with van der Waals surface area (Å²) in [6.07, 6.45) is 4.44. The van der Waals surface area contributed by atoms with E-state index in [1.165, 1.54) is 11.1 Å². The van der Waals surface area contributed by atoms with Crippen LogP contribution >= 0.6 is 0 Å². The zero-order valence-electron chi connectivity index (χ0n) is 42.7. The van der Waals surface area contributed by atoms with Gasteiger partial charge in [-0.1, -0.05) is 68.4 Å². The van der Waals surface area contributed by atoms with Crippen LogP contribution < -0.4 is 26.6 Å². The molecule has 388 valence electrons. The van der Waals surface area contributed by atoms with E-state index in [1.54, 1.807) is 41.5 Å². The highest BCUT2D eigenvalue weighted by Gasteiger charge is 2.30. The molecule has 2 aromatic rings. The van der Waals surface area contributed by atoms with E-state index < -0.39 is 53.3 Å². The van der Waals surface area contributed by atoms with Crippen molar-refractivity contribution < 1.29 is 57.2 Å². The molecule has 2 atom stereocenters. The highest BCUT2D eigenvalue weighted by atomic mass is 16.6. The second kappa shape index (κ2) is 34.1. The highest BCUT2D eigenvalue weighted by Crippen LogP contribution is 2.15. The van der Waals surface area contributed by atoms with Gasteiger partial charge in [0.2, 0.25) is 17.7 Å². The summed E-state index contributed by atoms with van der Waals surface area (Å²) < 4.78 is 32.7. The fourth-order valence-corrected chi connectivity index (χ4v) is 6.67. The van der Waals surface area contributed by atoms with Crippen molar-refractivity contribution in [1.82, 2.24) is 26.6 Å². The molecule has 17 heteroatoms. The fraction of sp³-hybridized carbons (Fsp3) is 0.654. The third kappa shape index (κ3) is 32.2. The van der Waals surface area contributed by atoms with Crippen molar-refractivity contribution in [3.8, 4) is 0 Å². The molecule has 0 aliphatic carbocycles. The molecule has 0 radical (unpaired) electrons. The lowest BCUT2D eigenvalue weighted by Crippen LogP contribution is -2.52. The molecule has 0 saturated heterocycles. The summed E-state index contributed by atoms with van der Waals surface area (Å²) in [5, 5.41) is 13.9. The molecule has 0 aliphatic rings. The Balaban J connectivity index is 1.80. The summed E-state index contributed by atoms with van der Waals surface area (Å²) in [4.78, 5) is 76.9. The molecule has 0 spiro atoms. The largest absolute Gasteiger partial charge is 0.458 e. The average Bonchev–Trinajstić information content (AvgIpc) is 3.27. The molecule has 17 nitrogen and oxygen atoms in total. The van der Waals surface area contributed by atoms with Crippen molar-refractivity contribution in [1.29, 1.82) is 0 Å². The van der Waals surface area contributed by atoms with Gasteiger partial charge >= 0.3 is 18.2 Å². The molecule has 0 fully saturated rings. The number of unbranched alkanes of at least 4 members (excludes halogenated alkanes) is 2. The van der Waals surface area contributed by atoms with Crippen LogP contribution in [0.4, 0.5) is 9.59 Å². The lowest BCUT2D eigenvalue weighted by molar-refractivity contribution is -0.159. The summed E-state index contributed by atoms with van der Waals surface area (Å²) in [5.41, 5.74) is 1.96. The Labute approximate surface area is 410 Å². The molecule has 0 aromatic heterocycles. The van der Waals surface area contributed by atoms with E-state index in [1.807, 2.05) is 30.3 Å². The number of esters is 1. The molecular weight excluding hydrogens is 887 g/mol. The fourth-order valence-electron chi connectivity index (χ4n) is 6.67. The first-order valence-corrected chi connectivity index (χ1v) is 24.6. The van der Waals surface area contributed by atoms with E-state index in [0.717, 1.165) is 24.8 Å². The van der Waals surface area contributed by atoms with Crippen molar-refractivity contribution >= 4 is 35.9 Å². The first kappa shape index (κ1) is 59.9. The normalized spacial score (nSPS) is 12.4. The Hall–Kier alpha value is -5.26. The molecule has 2 rings (SSSR count). The summed E-state index contributed by atoms with van der Waals surface area (Å²) >= 11 is 0. The molecule has 0 saturated carbocycles. The Morgan fingerprint density at radius 1 is 0.522 bits per heavy atom. The summed E-state index contributed by atoms with van der Waals surface area (Å²) in [6, 6.07) is 16.0. The number of hydrogen-bond donors (Lipinski definition) is 5. The van der Waals surface area contributed by atoms with Gasteiger partial charge in [0.15, 0.2) is 0 Å². The molecule has 2 unspecified atom stereocenters. The number of amides is 5. The smallest absolute Gasteiger partial charge is 0.407 e. The SMILES string of the molecule is CC(C)Cc1ccc(CCCC(=O)NCCCCC(NC(=O)C(CCCCNC(=O)OC(C)(C)C)NC(=O)CCOCCOCCOCCNC(=O)OCc2ccccc2)C(=O)OC(C)(C)C)cc1. The number of rotatable bonds is 34. The monoisotopic (exact) mass is 970 g/mol. The van der Waals surface area contributed by atoms with Crippen LogP contribution in [0.2, 0.25) is 0 Å². The van der Waals surface area contributed by atoms with E-state index in [9.17, 15) is 28.8 Å². The van der Waals surface area contributed by atoms with Gasteiger partial charge in [-0.2, -0.15) is 0 Å². The molecule has 5 amide bonds. The average molecular weight is 970 g/mol. The van der Waals surface area contributed by atoms with Gasteiger partial charge in [-0.15, -0.1) is 0 Å². The molecule has 69 heavy (non-hydrogen) atoms. The van der Waals surface area contributed by atoms with Crippen LogP contribution in [0.1, 0.15) is 130 Å². The van der Waals surface area contributed by atoms with E-state index in [4.69, 9.17) is 28.4 Å². The van der Waals surface area contributed by atoms with Gasteiger partial charge in [0, 0.05) is 32.5 Å². The van der Waals surface area contributed by atoms with Gasteiger partial charge in [0.25, 0.3) is 0 Å². The van der Waals surface area contributed by atoms with Crippen LogP contribution in [0, 0.1) is 5.92 Å². The number of alkyl carbamates (subject to hydrolysis) is 2. The van der Waals surface area contributed by atoms with E-state index in [-0.39, 0.29) is 64.7 Å². The van der Waals surface area contributed by atoms with Gasteiger partial charge in [-0.3, -0.25) is 14.4 Å². The number of carbonyl (C=O) groups is 6. The molecular formula is C52H83N5O12. The maximum Gasteiger partial charge on any atom is 0.407 e.